The molecule has 0 unspecified atom stereocenters. The van der Waals surface area contributed by atoms with Crippen LogP contribution in [0, 0.1) is 5.92 Å². The third kappa shape index (κ3) is 3.44. The Morgan fingerprint density at radius 2 is 1.65 bits per heavy atom. The second kappa shape index (κ2) is 4.88. The Labute approximate surface area is 107 Å². The molecule has 0 aromatic rings. The molecule has 1 saturated carbocycles. The second-order valence-corrected chi connectivity index (χ2v) is 8.90. The van der Waals surface area contributed by atoms with E-state index in [0.717, 1.165) is 19.3 Å². The Hall–Kier alpha value is -0.0900. The number of rotatable bonds is 6. The summed E-state index contributed by atoms with van der Waals surface area (Å²) in [6.07, 6.45) is 2.95. The molecule has 3 nitrogen and oxygen atoms in total. The van der Waals surface area contributed by atoms with Gasteiger partial charge in [-0.1, -0.05) is 13.8 Å². The first-order valence-corrected chi connectivity index (χ1v) is 8.12. The molecule has 1 rings (SSSR count). The van der Waals surface area contributed by atoms with Crippen molar-refractivity contribution in [1.29, 1.82) is 0 Å². The van der Waals surface area contributed by atoms with Crippen molar-refractivity contribution in [2.75, 3.05) is 0 Å². The summed E-state index contributed by atoms with van der Waals surface area (Å²) >= 11 is 0. The zero-order chi connectivity index (χ0) is 13.4. The minimum Gasteiger partial charge on any atom is -0.212 e. The SMILES string of the molecule is CC(C)CC(C)(C)N(C1CC1)S(=O)(=O)C(C)C. The highest BCUT2D eigenvalue weighted by Gasteiger charge is 2.46. The van der Waals surface area contributed by atoms with Crippen LogP contribution in [-0.4, -0.2) is 29.6 Å². The van der Waals surface area contributed by atoms with Gasteiger partial charge in [0.15, 0.2) is 0 Å². The van der Waals surface area contributed by atoms with E-state index in [2.05, 4.69) is 27.7 Å². The largest absolute Gasteiger partial charge is 0.217 e. The van der Waals surface area contributed by atoms with Gasteiger partial charge in [-0.3, -0.25) is 0 Å². The molecule has 0 bridgehead atoms. The third-order valence-electron chi connectivity index (χ3n) is 3.25. The van der Waals surface area contributed by atoms with Gasteiger partial charge in [-0.25, -0.2) is 8.42 Å². The van der Waals surface area contributed by atoms with Gasteiger partial charge in [-0.15, -0.1) is 0 Å². The Morgan fingerprint density at radius 3 is 1.94 bits per heavy atom. The molecule has 1 aliphatic carbocycles. The maximum atomic E-state index is 12.5. The molecule has 1 aliphatic rings. The van der Waals surface area contributed by atoms with E-state index in [0.29, 0.717) is 5.92 Å². The van der Waals surface area contributed by atoms with Gasteiger partial charge in [0.1, 0.15) is 0 Å². The quantitative estimate of drug-likeness (QED) is 0.737. The van der Waals surface area contributed by atoms with Gasteiger partial charge >= 0.3 is 0 Å². The Morgan fingerprint density at radius 1 is 1.18 bits per heavy atom. The lowest BCUT2D eigenvalue weighted by atomic mass is 9.92. The molecule has 0 aromatic carbocycles. The van der Waals surface area contributed by atoms with Crippen molar-refractivity contribution in [2.45, 2.75) is 77.6 Å². The molecule has 0 saturated heterocycles. The van der Waals surface area contributed by atoms with E-state index in [1.165, 1.54) is 0 Å². The maximum absolute atomic E-state index is 12.5. The molecule has 0 amide bonds. The number of hydrogen-bond acceptors (Lipinski definition) is 2. The van der Waals surface area contributed by atoms with E-state index in [4.69, 9.17) is 0 Å². The molecule has 0 atom stereocenters. The molecule has 0 spiro atoms. The van der Waals surface area contributed by atoms with Crippen LogP contribution in [0.25, 0.3) is 0 Å². The highest BCUT2D eigenvalue weighted by Crippen LogP contribution is 2.39. The number of nitrogens with zero attached hydrogens (tertiary/aromatic N) is 1. The van der Waals surface area contributed by atoms with Crippen LogP contribution in [0.4, 0.5) is 0 Å². The lowest BCUT2D eigenvalue weighted by molar-refractivity contribution is 0.184. The van der Waals surface area contributed by atoms with Crippen LogP contribution in [0.5, 0.6) is 0 Å². The summed E-state index contributed by atoms with van der Waals surface area (Å²) in [5.41, 5.74) is -0.265. The standard InChI is InChI=1S/C13H27NO2S/c1-10(2)9-13(5,6)14(12-7-8-12)17(15,16)11(3)4/h10-12H,7-9H2,1-6H3. The minimum atomic E-state index is -3.15. The van der Waals surface area contributed by atoms with E-state index in [9.17, 15) is 8.42 Å². The summed E-state index contributed by atoms with van der Waals surface area (Å²) in [6.45, 7) is 12.0. The molecule has 0 aliphatic heterocycles. The van der Waals surface area contributed by atoms with E-state index >= 15 is 0 Å². The van der Waals surface area contributed by atoms with Crippen molar-refractivity contribution in [2.24, 2.45) is 5.92 Å². The van der Waals surface area contributed by atoms with Crippen molar-refractivity contribution in [3.8, 4) is 0 Å². The zero-order valence-corrected chi connectivity index (χ0v) is 12.8. The van der Waals surface area contributed by atoms with Crippen LogP contribution >= 0.6 is 0 Å². The van der Waals surface area contributed by atoms with Gasteiger partial charge in [-0.05, 0) is 52.9 Å². The zero-order valence-electron chi connectivity index (χ0n) is 12.0. The smallest absolute Gasteiger partial charge is 0.212 e. The number of hydrogen-bond donors (Lipinski definition) is 0. The Balaban J connectivity index is 3.01. The molecule has 0 aromatic heterocycles. The van der Waals surface area contributed by atoms with Crippen LogP contribution in [0.15, 0.2) is 0 Å². The van der Waals surface area contributed by atoms with E-state index in [1.807, 2.05) is 0 Å². The van der Waals surface area contributed by atoms with Gasteiger partial charge in [0.05, 0.1) is 5.25 Å². The Bertz CT molecular complexity index is 354. The summed E-state index contributed by atoms with van der Waals surface area (Å²) in [6, 6.07) is 0.246. The average Bonchev–Trinajstić information content (AvgIpc) is 2.83. The summed E-state index contributed by atoms with van der Waals surface area (Å²) < 4.78 is 26.7. The third-order valence-corrected chi connectivity index (χ3v) is 5.78. The second-order valence-electron chi connectivity index (χ2n) is 6.53. The van der Waals surface area contributed by atoms with E-state index in [1.54, 1.807) is 18.2 Å². The first-order valence-electron chi connectivity index (χ1n) is 6.62. The fourth-order valence-corrected chi connectivity index (χ4v) is 4.52. The van der Waals surface area contributed by atoms with Crippen molar-refractivity contribution in [1.82, 2.24) is 4.31 Å². The average molecular weight is 261 g/mol. The molecular formula is C13H27NO2S. The van der Waals surface area contributed by atoms with Crippen molar-refractivity contribution in [3.05, 3.63) is 0 Å². The van der Waals surface area contributed by atoms with Crippen LogP contribution in [0.2, 0.25) is 0 Å². The predicted molar refractivity (Wildman–Crippen MR) is 72.5 cm³/mol. The fraction of sp³-hybridized carbons (Fsp3) is 1.00. The predicted octanol–water partition coefficient (Wildman–Crippen LogP) is 3.01. The van der Waals surface area contributed by atoms with E-state index < -0.39 is 10.0 Å². The molecule has 0 heterocycles. The minimum absolute atomic E-state index is 0.246. The summed E-state index contributed by atoms with van der Waals surface area (Å²) in [7, 11) is -3.15. The monoisotopic (exact) mass is 261 g/mol. The van der Waals surface area contributed by atoms with Crippen molar-refractivity contribution in [3.63, 3.8) is 0 Å². The molecule has 4 heteroatoms. The number of sulfonamides is 1. The molecular weight excluding hydrogens is 234 g/mol. The van der Waals surface area contributed by atoms with Crippen LogP contribution in [0.1, 0.15) is 60.8 Å². The summed E-state index contributed by atoms with van der Waals surface area (Å²) in [5, 5.41) is -0.325. The van der Waals surface area contributed by atoms with Gasteiger partial charge in [0, 0.05) is 11.6 Å². The normalized spacial score (nSPS) is 18.4. The summed E-state index contributed by atoms with van der Waals surface area (Å²) in [4.78, 5) is 0. The molecule has 0 N–H and O–H groups in total. The van der Waals surface area contributed by atoms with Gasteiger partial charge < -0.3 is 0 Å². The first-order chi connectivity index (χ1) is 7.59. The van der Waals surface area contributed by atoms with Crippen molar-refractivity contribution >= 4 is 10.0 Å². The van der Waals surface area contributed by atoms with Crippen LogP contribution in [-0.2, 0) is 10.0 Å². The van der Waals surface area contributed by atoms with Crippen LogP contribution in [0.3, 0.4) is 0 Å². The fourth-order valence-electron chi connectivity index (χ4n) is 2.67. The van der Waals surface area contributed by atoms with Crippen molar-refractivity contribution < 1.29 is 8.42 Å². The lowest BCUT2D eigenvalue weighted by Gasteiger charge is -2.40. The molecule has 1 fully saturated rings. The molecule has 102 valence electrons. The van der Waals surface area contributed by atoms with Gasteiger partial charge in [0.25, 0.3) is 0 Å². The maximum Gasteiger partial charge on any atom is 0.217 e. The first kappa shape index (κ1) is 15.0. The lowest BCUT2D eigenvalue weighted by Crippen LogP contribution is -2.51. The highest BCUT2D eigenvalue weighted by molar-refractivity contribution is 7.89. The Kier molecular flexibility index (Phi) is 4.30. The van der Waals surface area contributed by atoms with Gasteiger partial charge in [-0.2, -0.15) is 4.31 Å². The van der Waals surface area contributed by atoms with E-state index in [-0.39, 0.29) is 16.8 Å². The molecule has 0 radical (unpaired) electrons. The highest BCUT2D eigenvalue weighted by atomic mass is 32.2. The van der Waals surface area contributed by atoms with Gasteiger partial charge in [0.2, 0.25) is 10.0 Å². The van der Waals surface area contributed by atoms with Crippen LogP contribution < -0.4 is 0 Å². The topological polar surface area (TPSA) is 37.4 Å². The summed E-state index contributed by atoms with van der Waals surface area (Å²) in [5.74, 6) is 0.508. The molecule has 17 heavy (non-hydrogen) atoms.